The molecule has 1 aliphatic rings. The van der Waals surface area contributed by atoms with E-state index < -0.39 is 12.0 Å². The highest BCUT2D eigenvalue weighted by Crippen LogP contribution is 2.30. The number of rotatable bonds is 5. The van der Waals surface area contributed by atoms with Gasteiger partial charge in [0, 0.05) is 16.7 Å². The van der Waals surface area contributed by atoms with Gasteiger partial charge in [0.25, 0.3) is 5.56 Å². The summed E-state index contributed by atoms with van der Waals surface area (Å²) in [7, 11) is 0. The average molecular weight is 505 g/mol. The Morgan fingerprint density at radius 1 is 1.17 bits per heavy atom. The van der Waals surface area contributed by atoms with Crippen LogP contribution in [0.5, 0.6) is 0 Å². The summed E-state index contributed by atoms with van der Waals surface area (Å²) in [6.45, 7) is 3.75. The van der Waals surface area contributed by atoms with Crippen molar-refractivity contribution in [3.63, 3.8) is 0 Å². The molecule has 0 amide bonds. The van der Waals surface area contributed by atoms with E-state index in [1.165, 1.54) is 11.3 Å². The zero-order valence-electron chi connectivity index (χ0n) is 19.0. The number of esters is 1. The number of carbonyl (C=O) groups is 1. The Morgan fingerprint density at radius 3 is 2.71 bits per heavy atom. The van der Waals surface area contributed by atoms with Crippen molar-refractivity contribution in [1.29, 1.82) is 0 Å². The van der Waals surface area contributed by atoms with Crippen LogP contribution in [0.4, 0.5) is 0 Å². The minimum atomic E-state index is -0.632. The number of aromatic nitrogens is 1. The van der Waals surface area contributed by atoms with Crippen LogP contribution in [-0.4, -0.2) is 17.1 Å². The topological polar surface area (TPSA) is 73.8 Å². The van der Waals surface area contributed by atoms with Gasteiger partial charge in [-0.3, -0.25) is 9.36 Å². The van der Waals surface area contributed by atoms with Gasteiger partial charge in [-0.1, -0.05) is 65.4 Å². The Morgan fingerprint density at radius 2 is 1.97 bits per heavy atom. The molecule has 0 aliphatic carbocycles. The van der Waals surface area contributed by atoms with Crippen molar-refractivity contribution in [2.24, 2.45) is 4.99 Å². The molecule has 0 N–H and O–H groups in total. The van der Waals surface area contributed by atoms with Gasteiger partial charge in [0.2, 0.25) is 0 Å². The van der Waals surface area contributed by atoms with E-state index in [0.29, 0.717) is 37.1 Å². The molecule has 5 rings (SSSR count). The van der Waals surface area contributed by atoms with Crippen LogP contribution >= 0.6 is 22.9 Å². The van der Waals surface area contributed by atoms with Crippen LogP contribution < -0.4 is 14.9 Å². The summed E-state index contributed by atoms with van der Waals surface area (Å²) in [5.74, 6) is 0.700. The minimum absolute atomic E-state index is 0.231. The molecule has 4 aromatic rings. The maximum Gasteiger partial charge on any atom is 0.338 e. The van der Waals surface area contributed by atoms with Gasteiger partial charge < -0.3 is 9.15 Å². The van der Waals surface area contributed by atoms with Crippen LogP contribution in [0.2, 0.25) is 5.02 Å². The molecule has 8 heteroatoms. The first-order valence-corrected chi connectivity index (χ1v) is 12.3. The molecule has 0 bridgehead atoms. The number of halogens is 1. The molecule has 0 saturated carbocycles. The van der Waals surface area contributed by atoms with Gasteiger partial charge in [-0.05, 0) is 43.7 Å². The fourth-order valence-electron chi connectivity index (χ4n) is 4.10. The van der Waals surface area contributed by atoms with E-state index >= 15 is 0 Å². The highest BCUT2D eigenvalue weighted by Gasteiger charge is 2.33. The SMILES string of the molecule is CCOC(=O)C1=C(C)N=c2s/c(=C/c3ccc(-c4cccc(Cl)c4)o3)c(=O)n2[C@H]1c1ccccc1. The Hall–Kier alpha value is -3.68. The lowest BCUT2D eigenvalue weighted by Gasteiger charge is -2.24. The number of thiazole rings is 1. The quantitative estimate of drug-likeness (QED) is 0.369. The van der Waals surface area contributed by atoms with E-state index in [-0.39, 0.29) is 12.2 Å². The monoisotopic (exact) mass is 504 g/mol. The minimum Gasteiger partial charge on any atom is -0.463 e. The maximum atomic E-state index is 13.6. The number of nitrogens with zero attached hydrogens (tertiary/aromatic N) is 2. The molecule has 35 heavy (non-hydrogen) atoms. The molecule has 1 aliphatic heterocycles. The number of carbonyl (C=O) groups excluding carboxylic acids is 1. The lowest BCUT2D eigenvalue weighted by molar-refractivity contribution is -0.139. The second kappa shape index (κ2) is 9.52. The lowest BCUT2D eigenvalue weighted by Crippen LogP contribution is -2.39. The molecule has 3 heterocycles. The van der Waals surface area contributed by atoms with Crippen molar-refractivity contribution >= 4 is 35.0 Å². The molecule has 1 atom stereocenters. The molecular formula is C27H21ClN2O4S. The van der Waals surface area contributed by atoms with Gasteiger partial charge >= 0.3 is 5.97 Å². The third-order valence-corrected chi connectivity index (χ3v) is 6.86. The number of allylic oxidation sites excluding steroid dienone is 1. The molecule has 0 unspecified atom stereocenters. The Kier molecular flexibility index (Phi) is 6.28. The summed E-state index contributed by atoms with van der Waals surface area (Å²) in [6, 6.07) is 19.8. The summed E-state index contributed by atoms with van der Waals surface area (Å²) >= 11 is 7.36. The van der Waals surface area contributed by atoms with E-state index in [0.717, 1.165) is 11.1 Å². The molecule has 2 aromatic heterocycles. The highest BCUT2D eigenvalue weighted by molar-refractivity contribution is 7.07. The van der Waals surface area contributed by atoms with Gasteiger partial charge in [0.15, 0.2) is 4.80 Å². The van der Waals surface area contributed by atoms with Crippen molar-refractivity contribution in [1.82, 2.24) is 4.57 Å². The lowest BCUT2D eigenvalue weighted by atomic mass is 9.96. The van der Waals surface area contributed by atoms with Gasteiger partial charge in [-0.2, -0.15) is 0 Å². The van der Waals surface area contributed by atoms with E-state index in [2.05, 4.69) is 4.99 Å². The van der Waals surface area contributed by atoms with Crippen LogP contribution in [0.25, 0.3) is 17.4 Å². The smallest absolute Gasteiger partial charge is 0.338 e. The zero-order chi connectivity index (χ0) is 24.5. The fraction of sp³-hybridized carbons (Fsp3) is 0.148. The fourth-order valence-corrected chi connectivity index (χ4v) is 5.32. The second-order valence-corrected chi connectivity index (χ2v) is 9.37. The van der Waals surface area contributed by atoms with Crippen molar-refractivity contribution in [3.8, 4) is 11.3 Å². The predicted molar refractivity (Wildman–Crippen MR) is 136 cm³/mol. The van der Waals surface area contributed by atoms with Gasteiger partial charge in [-0.15, -0.1) is 0 Å². The van der Waals surface area contributed by atoms with E-state index in [1.54, 1.807) is 36.6 Å². The molecule has 176 valence electrons. The number of fused-ring (bicyclic) bond motifs is 1. The molecule has 6 nitrogen and oxygen atoms in total. The van der Waals surface area contributed by atoms with Crippen molar-refractivity contribution in [2.75, 3.05) is 6.61 Å². The standard InChI is InChI=1S/C27H21ClN2O4S/c1-3-33-26(32)23-16(2)29-27-30(24(23)17-8-5-4-6-9-17)25(31)22(35-27)15-20-12-13-21(34-20)18-10-7-11-19(28)14-18/h4-15,24H,3H2,1-2H3/b22-15+/t24-/m0/s1. The number of benzene rings is 2. The van der Waals surface area contributed by atoms with Crippen LogP contribution in [0.15, 0.2) is 92.2 Å². The second-order valence-electron chi connectivity index (χ2n) is 7.93. The van der Waals surface area contributed by atoms with Crippen molar-refractivity contribution in [2.45, 2.75) is 19.9 Å². The third kappa shape index (κ3) is 4.40. The molecule has 0 spiro atoms. The maximum absolute atomic E-state index is 13.6. The highest BCUT2D eigenvalue weighted by atomic mass is 35.5. The van der Waals surface area contributed by atoms with Crippen LogP contribution in [0.1, 0.15) is 31.2 Å². The number of furan rings is 1. The predicted octanol–water partition coefficient (Wildman–Crippen LogP) is 4.71. The van der Waals surface area contributed by atoms with E-state index in [4.69, 9.17) is 20.8 Å². The third-order valence-electron chi connectivity index (χ3n) is 5.64. The Balaban J connectivity index is 1.63. The van der Waals surface area contributed by atoms with E-state index in [9.17, 15) is 9.59 Å². The van der Waals surface area contributed by atoms with Gasteiger partial charge in [0.1, 0.15) is 11.5 Å². The van der Waals surface area contributed by atoms with Gasteiger partial charge in [0.05, 0.1) is 28.5 Å². The summed E-state index contributed by atoms with van der Waals surface area (Å²) in [5, 5.41) is 0.613. The number of ether oxygens (including phenoxy) is 1. The molecule has 2 aromatic carbocycles. The summed E-state index contributed by atoms with van der Waals surface area (Å²) < 4.78 is 13.3. The van der Waals surface area contributed by atoms with Crippen LogP contribution in [-0.2, 0) is 9.53 Å². The first-order chi connectivity index (χ1) is 17.0. The van der Waals surface area contributed by atoms with Crippen LogP contribution in [0, 0.1) is 0 Å². The van der Waals surface area contributed by atoms with Crippen molar-refractivity contribution < 1.29 is 13.9 Å². The van der Waals surface area contributed by atoms with Crippen molar-refractivity contribution in [3.05, 3.63) is 114 Å². The molecule has 0 fully saturated rings. The molecular weight excluding hydrogens is 484 g/mol. The summed E-state index contributed by atoms with van der Waals surface area (Å²) in [5.41, 5.74) is 2.29. The molecule has 0 saturated heterocycles. The first-order valence-electron chi connectivity index (χ1n) is 11.1. The Labute approximate surface area is 210 Å². The van der Waals surface area contributed by atoms with Crippen LogP contribution in [0.3, 0.4) is 0 Å². The molecule has 0 radical (unpaired) electrons. The summed E-state index contributed by atoms with van der Waals surface area (Å²) in [4.78, 5) is 31.6. The summed E-state index contributed by atoms with van der Waals surface area (Å²) in [6.07, 6.45) is 1.70. The Bertz CT molecular complexity index is 1630. The van der Waals surface area contributed by atoms with Gasteiger partial charge in [-0.25, -0.2) is 9.79 Å². The normalized spacial score (nSPS) is 15.6. The van der Waals surface area contributed by atoms with E-state index in [1.807, 2.05) is 54.6 Å². The zero-order valence-corrected chi connectivity index (χ0v) is 20.6. The largest absolute Gasteiger partial charge is 0.463 e. The first kappa shape index (κ1) is 23.1. The number of hydrogen-bond acceptors (Lipinski definition) is 6. The average Bonchev–Trinajstić information content (AvgIpc) is 3.43. The number of hydrogen-bond donors (Lipinski definition) is 0.